The molecule has 0 bridgehead atoms. The Morgan fingerprint density at radius 1 is 1.09 bits per heavy atom. The third-order valence-corrected chi connectivity index (χ3v) is 10.0. The number of aryl methyl sites for hydroxylation is 1. The summed E-state index contributed by atoms with van der Waals surface area (Å²) in [5.41, 5.74) is 3.61. The topological polar surface area (TPSA) is 147 Å². The van der Waals surface area contributed by atoms with Crippen LogP contribution in [0.25, 0.3) is 11.3 Å². The molecule has 1 N–H and O–H groups in total. The molecule has 3 aromatic heterocycles. The number of sulfonamides is 1. The molecule has 4 aromatic rings. The molecule has 230 valence electrons. The lowest BCUT2D eigenvalue weighted by molar-refractivity contribution is 0.122. The molecule has 1 atom stereocenters. The van der Waals surface area contributed by atoms with Gasteiger partial charge in [-0.3, -0.25) is 9.36 Å². The highest BCUT2D eigenvalue weighted by Gasteiger charge is 2.32. The summed E-state index contributed by atoms with van der Waals surface area (Å²) < 4.78 is 36.2. The third-order valence-electron chi connectivity index (χ3n) is 8.23. The molecule has 1 aromatic carbocycles. The number of nitrogens with zero attached hydrogens (tertiary/aromatic N) is 9. The summed E-state index contributed by atoms with van der Waals surface area (Å²) in [5, 5.41) is 21.6. The molecule has 14 heteroatoms. The summed E-state index contributed by atoms with van der Waals surface area (Å²) in [7, 11) is -1.90. The van der Waals surface area contributed by atoms with Crippen LogP contribution in [0.3, 0.4) is 0 Å². The van der Waals surface area contributed by atoms with E-state index >= 15 is 0 Å². The second kappa shape index (κ2) is 13.1. The molecule has 44 heavy (non-hydrogen) atoms. The Bertz CT molecular complexity index is 1700. The second-order valence-corrected chi connectivity index (χ2v) is 13.1. The zero-order valence-corrected chi connectivity index (χ0v) is 25.5. The summed E-state index contributed by atoms with van der Waals surface area (Å²) in [4.78, 5) is 11.4. The van der Waals surface area contributed by atoms with Crippen LogP contribution < -0.4 is 10.2 Å². The summed E-state index contributed by atoms with van der Waals surface area (Å²) in [6.45, 7) is 4.12. The number of piperidine rings is 1. The predicted octanol–water partition coefficient (Wildman–Crippen LogP) is 3.60. The maximum atomic E-state index is 13.0. The van der Waals surface area contributed by atoms with Crippen LogP contribution in [-0.4, -0.2) is 81.6 Å². The molecule has 2 aliphatic rings. The molecule has 2 saturated heterocycles. The molecule has 0 spiro atoms. The summed E-state index contributed by atoms with van der Waals surface area (Å²) in [6.07, 6.45) is 9.51. The molecule has 2 fully saturated rings. The van der Waals surface area contributed by atoms with Crippen LogP contribution in [-0.2, 0) is 21.8 Å². The monoisotopic (exact) mass is 616 g/mol. The van der Waals surface area contributed by atoms with E-state index in [0.29, 0.717) is 25.5 Å². The maximum absolute atomic E-state index is 13.0. The largest absolute Gasteiger partial charge is 0.378 e. The molecule has 2 aliphatic heterocycles. The fraction of sp³-hybridized carbons (Fsp3) is 0.433. The van der Waals surface area contributed by atoms with Crippen LogP contribution in [0.5, 0.6) is 0 Å². The molecule has 13 nitrogen and oxygen atoms in total. The van der Waals surface area contributed by atoms with Gasteiger partial charge in [0.1, 0.15) is 0 Å². The zero-order chi connectivity index (χ0) is 30.5. The molecule has 5 heterocycles. The smallest absolute Gasteiger partial charge is 0.262 e. The first-order chi connectivity index (χ1) is 21.4. The van der Waals surface area contributed by atoms with E-state index < -0.39 is 10.0 Å². The van der Waals surface area contributed by atoms with Crippen molar-refractivity contribution in [3.05, 3.63) is 61.2 Å². The minimum Gasteiger partial charge on any atom is -0.378 e. The van der Waals surface area contributed by atoms with Crippen molar-refractivity contribution in [1.29, 1.82) is 5.26 Å². The summed E-state index contributed by atoms with van der Waals surface area (Å²) in [6, 6.07) is 13.7. The van der Waals surface area contributed by atoms with Gasteiger partial charge in [0.05, 0.1) is 43.6 Å². The van der Waals surface area contributed by atoms with Crippen LogP contribution in [0.1, 0.15) is 31.7 Å². The van der Waals surface area contributed by atoms with Gasteiger partial charge in [-0.15, -0.1) is 0 Å². The highest BCUT2D eigenvalue weighted by Crippen LogP contribution is 2.31. The number of nitriles is 1. The quantitative estimate of drug-likeness (QED) is 0.280. The van der Waals surface area contributed by atoms with Crippen LogP contribution in [0.2, 0.25) is 0 Å². The van der Waals surface area contributed by atoms with E-state index in [1.54, 1.807) is 25.6 Å². The van der Waals surface area contributed by atoms with Crippen molar-refractivity contribution < 1.29 is 13.2 Å². The van der Waals surface area contributed by atoms with Gasteiger partial charge in [0.25, 0.3) is 10.0 Å². The Kier molecular flexibility index (Phi) is 8.87. The van der Waals surface area contributed by atoms with Crippen LogP contribution in [0, 0.1) is 17.2 Å². The molecule has 1 unspecified atom stereocenters. The van der Waals surface area contributed by atoms with Crippen LogP contribution >= 0.6 is 0 Å². The van der Waals surface area contributed by atoms with Gasteiger partial charge < -0.3 is 15.0 Å². The minimum absolute atomic E-state index is 0.0784. The van der Waals surface area contributed by atoms with Gasteiger partial charge in [-0.05, 0) is 61.6 Å². The van der Waals surface area contributed by atoms with E-state index in [1.165, 1.54) is 15.1 Å². The first-order valence-electron chi connectivity index (χ1n) is 14.8. The van der Waals surface area contributed by atoms with Gasteiger partial charge in [0.15, 0.2) is 5.03 Å². The van der Waals surface area contributed by atoms with E-state index in [2.05, 4.69) is 43.6 Å². The average Bonchev–Trinajstić information content (AvgIpc) is 3.72. The lowest BCUT2D eigenvalue weighted by Gasteiger charge is -2.32. The molecule has 0 saturated carbocycles. The van der Waals surface area contributed by atoms with E-state index in [9.17, 15) is 13.7 Å². The van der Waals surface area contributed by atoms with Gasteiger partial charge in [-0.2, -0.15) is 19.8 Å². The van der Waals surface area contributed by atoms with Crippen molar-refractivity contribution in [2.45, 2.75) is 36.8 Å². The van der Waals surface area contributed by atoms with Gasteiger partial charge in [0, 0.05) is 68.8 Å². The van der Waals surface area contributed by atoms with Gasteiger partial charge in [0.2, 0.25) is 5.95 Å². The van der Waals surface area contributed by atoms with E-state index in [-0.39, 0.29) is 17.0 Å². The average molecular weight is 617 g/mol. The fourth-order valence-corrected chi connectivity index (χ4v) is 7.20. The third kappa shape index (κ3) is 6.75. The molecular weight excluding hydrogens is 580 g/mol. The van der Waals surface area contributed by atoms with Crippen molar-refractivity contribution in [2.24, 2.45) is 13.0 Å². The standard InChI is InChI=1S/C30H36N10O3S/c1-37-13-10-29(36-37)44(41,42)39-14-8-23(9-15-39)20-27(6-11-31)40-22-24(21-33-40)28-7-12-32-30(35-28)34-25-2-4-26(5-3-25)38-16-18-43-19-17-38/h2-5,7,10,12-13,21-23,27H,6,8-9,14-20H2,1H3,(H,32,34,35). The molecular formula is C30H36N10O3S. The Balaban J connectivity index is 1.08. The number of hydrogen-bond acceptors (Lipinski definition) is 10. The Morgan fingerprint density at radius 2 is 1.86 bits per heavy atom. The summed E-state index contributed by atoms with van der Waals surface area (Å²) in [5.74, 6) is 0.760. The highest BCUT2D eigenvalue weighted by atomic mass is 32.2. The number of nitrogens with one attached hydrogen (secondary N) is 1. The zero-order valence-electron chi connectivity index (χ0n) is 24.7. The van der Waals surface area contributed by atoms with E-state index in [4.69, 9.17) is 9.72 Å². The number of ether oxygens (including phenoxy) is 1. The van der Waals surface area contributed by atoms with Crippen molar-refractivity contribution in [3.8, 4) is 17.3 Å². The lowest BCUT2D eigenvalue weighted by Crippen LogP contribution is -2.39. The van der Waals surface area contributed by atoms with E-state index in [1.807, 2.05) is 29.1 Å². The number of hydrogen-bond donors (Lipinski definition) is 1. The predicted molar refractivity (Wildman–Crippen MR) is 165 cm³/mol. The Labute approximate surface area is 257 Å². The van der Waals surface area contributed by atoms with Crippen LogP contribution in [0.15, 0.2) is 66.2 Å². The first kappa shape index (κ1) is 29.7. The fourth-order valence-electron chi connectivity index (χ4n) is 5.78. The molecule has 6 rings (SSSR count). The molecule has 0 amide bonds. The minimum atomic E-state index is -3.60. The number of benzene rings is 1. The SMILES string of the molecule is Cn1ccc(S(=O)(=O)N2CCC(CC(CC#N)n3cc(-c4ccnc(Nc5ccc(N6CCOCC6)cc5)n4)cn3)CC2)n1. The van der Waals surface area contributed by atoms with E-state index in [0.717, 1.165) is 68.2 Å². The second-order valence-electron chi connectivity index (χ2n) is 11.2. The van der Waals surface area contributed by atoms with Crippen molar-refractivity contribution in [3.63, 3.8) is 0 Å². The summed E-state index contributed by atoms with van der Waals surface area (Å²) >= 11 is 0. The lowest BCUT2D eigenvalue weighted by atomic mass is 9.90. The Morgan fingerprint density at radius 3 is 2.57 bits per heavy atom. The molecule has 0 aliphatic carbocycles. The normalized spacial score (nSPS) is 17.3. The van der Waals surface area contributed by atoms with Crippen molar-refractivity contribution in [2.75, 3.05) is 49.6 Å². The van der Waals surface area contributed by atoms with Crippen LogP contribution in [0.4, 0.5) is 17.3 Å². The Hall–Kier alpha value is -4.32. The van der Waals surface area contributed by atoms with Gasteiger partial charge >= 0.3 is 0 Å². The van der Waals surface area contributed by atoms with Gasteiger partial charge in [-0.1, -0.05) is 0 Å². The number of aromatic nitrogens is 6. The maximum Gasteiger partial charge on any atom is 0.262 e. The number of rotatable bonds is 10. The first-order valence-corrected chi connectivity index (χ1v) is 16.3. The molecule has 0 radical (unpaired) electrons. The highest BCUT2D eigenvalue weighted by molar-refractivity contribution is 7.89. The van der Waals surface area contributed by atoms with Gasteiger partial charge in [-0.25, -0.2) is 18.4 Å². The van der Waals surface area contributed by atoms with Crippen molar-refractivity contribution >= 4 is 27.3 Å². The number of morpholine rings is 1. The van der Waals surface area contributed by atoms with Crippen molar-refractivity contribution in [1.82, 2.24) is 33.8 Å². The number of anilines is 3.